The van der Waals surface area contributed by atoms with Crippen LogP contribution in [-0.4, -0.2) is 18.6 Å². The highest BCUT2D eigenvalue weighted by Crippen LogP contribution is 2.22. The number of pyridine rings is 1. The van der Waals surface area contributed by atoms with E-state index in [-0.39, 0.29) is 16.7 Å². The third-order valence-corrected chi connectivity index (χ3v) is 4.86. The van der Waals surface area contributed by atoms with Gasteiger partial charge >= 0.3 is 5.03 Å². The van der Waals surface area contributed by atoms with Crippen LogP contribution in [0.2, 0.25) is 0 Å². The predicted octanol–water partition coefficient (Wildman–Crippen LogP) is 1.65. The molecule has 118 valence electrons. The van der Waals surface area contributed by atoms with Gasteiger partial charge in [0.1, 0.15) is 5.75 Å². The van der Waals surface area contributed by atoms with Crippen molar-refractivity contribution in [2.24, 2.45) is 0 Å². The van der Waals surface area contributed by atoms with Crippen molar-refractivity contribution in [2.75, 3.05) is 0 Å². The Balaban J connectivity index is 1.91. The van der Waals surface area contributed by atoms with Gasteiger partial charge in [-0.2, -0.15) is 9.71 Å². The first kappa shape index (κ1) is 15.2. The molecule has 0 radical (unpaired) electrons. The van der Waals surface area contributed by atoms with Crippen molar-refractivity contribution in [3.05, 3.63) is 65.3 Å². The average molecular weight is 331 g/mol. The van der Waals surface area contributed by atoms with Gasteiger partial charge in [0.15, 0.2) is 12.0 Å². The second-order valence-electron chi connectivity index (χ2n) is 4.95. The molecule has 8 heteroatoms. The van der Waals surface area contributed by atoms with E-state index >= 15 is 0 Å². The Hall–Kier alpha value is -2.74. The van der Waals surface area contributed by atoms with E-state index in [0.717, 1.165) is 17.3 Å². The molecule has 2 heterocycles. The lowest BCUT2D eigenvalue weighted by Gasteiger charge is -2.02. The van der Waals surface area contributed by atoms with Crippen molar-refractivity contribution in [1.82, 2.24) is 10.1 Å². The Morgan fingerprint density at radius 2 is 1.91 bits per heavy atom. The van der Waals surface area contributed by atoms with Crippen molar-refractivity contribution in [2.45, 2.75) is 17.7 Å². The van der Waals surface area contributed by atoms with Gasteiger partial charge < -0.3 is 9.73 Å². The maximum atomic E-state index is 12.3. The van der Waals surface area contributed by atoms with Crippen LogP contribution in [0, 0.1) is 12.1 Å². The summed E-state index contributed by atoms with van der Waals surface area (Å²) in [6, 6.07) is 11.6. The molecule has 7 nitrogen and oxygen atoms in total. The molecule has 0 aliphatic heterocycles. The van der Waals surface area contributed by atoms with Crippen LogP contribution in [0.25, 0.3) is 11.5 Å². The topological polar surface area (TPSA) is 100 Å². The molecule has 0 aliphatic rings. The van der Waals surface area contributed by atoms with E-state index < -0.39 is 15.6 Å². The lowest BCUT2D eigenvalue weighted by atomic mass is 10.1. The first-order valence-corrected chi connectivity index (χ1v) is 8.42. The van der Waals surface area contributed by atoms with E-state index in [1.165, 1.54) is 18.2 Å². The number of aryl methyl sites for hydroxylation is 1. The molecule has 0 aliphatic carbocycles. The van der Waals surface area contributed by atoms with Crippen LogP contribution < -0.4 is 4.73 Å². The van der Waals surface area contributed by atoms with Gasteiger partial charge in [-0.15, -0.1) is 0 Å². The van der Waals surface area contributed by atoms with Gasteiger partial charge in [-0.05, 0) is 24.6 Å². The zero-order valence-corrected chi connectivity index (χ0v) is 13.0. The molecule has 0 saturated heterocycles. The highest BCUT2D eigenvalue weighted by Gasteiger charge is 2.26. The van der Waals surface area contributed by atoms with Gasteiger partial charge in [-0.1, -0.05) is 23.4 Å². The first-order chi connectivity index (χ1) is 11.0. The summed E-state index contributed by atoms with van der Waals surface area (Å²) in [6.07, 6.45) is 1.13. The maximum absolute atomic E-state index is 12.3. The number of aromatic nitrogens is 3. The minimum atomic E-state index is -3.86. The molecule has 1 aromatic carbocycles. The van der Waals surface area contributed by atoms with Gasteiger partial charge in [0, 0.05) is 17.7 Å². The summed E-state index contributed by atoms with van der Waals surface area (Å²) in [5.41, 5.74) is 1.67. The van der Waals surface area contributed by atoms with Crippen molar-refractivity contribution >= 4 is 9.84 Å². The molecule has 0 fully saturated rings. The molecule has 0 atom stereocenters. The number of rotatable bonds is 4. The van der Waals surface area contributed by atoms with Crippen molar-refractivity contribution in [3.8, 4) is 11.5 Å². The Morgan fingerprint density at radius 3 is 2.65 bits per heavy atom. The van der Waals surface area contributed by atoms with Crippen LogP contribution in [-0.2, 0) is 15.6 Å². The summed E-state index contributed by atoms with van der Waals surface area (Å²) in [4.78, 5) is 4.11. The standard InChI is InChI=1S/C15H13N3O4S/c1-11-6-2-3-7-12(11)15-16-13(17-22-15)10-23(20,21)14-8-4-5-9-18(14)19/h2-9H,10H2,1H3. The molecule has 0 unspecified atom stereocenters. The Kier molecular flexibility index (Phi) is 3.83. The van der Waals surface area contributed by atoms with Crippen LogP contribution >= 0.6 is 0 Å². The summed E-state index contributed by atoms with van der Waals surface area (Å²) in [6.45, 7) is 1.89. The zero-order chi connectivity index (χ0) is 16.4. The van der Waals surface area contributed by atoms with Gasteiger partial charge in [-0.3, -0.25) is 0 Å². The van der Waals surface area contributed by atoms with Crippen molar-refractivity contribution in [3.63, 3.8) is 0 Å². The van der Waals surface area contributed by atoms with E-state index in [9.17, 15) is 13.6 Å². The molecule has 3 aromatic rings. The van der Waals surface area contributed by atoms with Crippen LogP contribution in [0.15, 0.2) is 58.2 Å². The minimum absolute atomic E-state index is 0.00658. The van der Waals surface area contributed by atoms with E-state index in [1.807, 2.05) is 31.2 Å². The lowest BCUT2D eigenvalue weighted by molar-refractivity contribution is -0.646. The highest BCUT2D eigenvalue weighted by molar-refractivity contribution is 7.90. The second-order valence-corrected chi connectivity index (χ2v) is 6.89. The molecule has 0 bridgehead atoms. The summed E-state index contributed by atoms with van der Waals surface area (Å²) < 4.78 is 30.0. The normalized spacial score (nSPS) is 11.5. The van der Waals surface area contributed by atoms with Crippen LogP contribution in [0.3, 0.4) is 0 Å². The molecule has 0 amide bonds. The third-order valence-electron chi connectivity index (χ3n) is 3.27. The lowest BCUT2D eigenvalue weighted by Crippen LogP contribution is -2.33. The van der Waals surface area contributed by atoms with Gasteiger partial charge in [0.25, 0.3) is 5.89 Å². The fourth-order valence-corrected chi connectivity index (χ4v) is 3.36. The molecule has 0 N–H and O–H groups in total. The quantitative estimate of drug-likeness (QED) is 0.532. The molecular weight excluding hydrogens is 318 g/mol. The molecule has 23 heavy (non-hydrogen) atoms. The number of nitrogens with zero attached hydrogens (tertiary/aromatic N) is 3. The average Bonchev–Trinajstić information content (AvgIpc) is 2.95. The maximum Gasteiger partial charge on any atom is 0.309 e. The Morgan fingerprint density at radius 1 is 1.17 bits per heavy atom. The summed E-state index contributed by atoms with van der Waals surface area (Å²) >= 11 is 0. The predicted molar refractivity (Wildman–Crippen MR) is 80.8 cm³/mol. The second kappa shape index (κ2) is 5.81. The third kappa shape index (κ3) is 3.07. The van der Waals surface area contributed by atoms with Gasteiger partial charge in [0.2, 0.25) is 9.84 Å². The highest BCUT2D eigenvalue weighted by atomic mass is 32.2. The van der Waals surface area contributed by atoms with Gasteiger partial charge in [0.05, 0.1) is 0 Å². The summed E-state index contributed by atoms with van der Waals surface area (Å²) in [5, 5.41) is 15.0. The molecule has 0 spiro atoms. The first-order valence-electron chi connectivity index (χ1n) is 6.77. The number of sulfone groups is 1. The molecule has 2 aromatic heterocycles. The van der Waals surface area contributed by atoms with Gasteiger partial charge in [-0.25, -0.2) is 8.42 Å². The summed E-state index contributed by atoms with van der Waals surface area (Å²) in [5.74, 6) is -0.252. The summed E-state index contributed by atoms with van der Waals surface area (Å²) in [7, 11) is -3.86. The largest absolute Gasteiger partial charge is 0.618 e. The van der Waals surface area contributed by atoms with Crippen molar-refractivity contribution < 1.29 is 17.7 Å². The molecular formula is C15H13N3O4S. The van der Waals surface area contributed by atoms with Crippen molar-refractivity contribution in [1.29, 1.82) is 0 Å². The number of hydrogen-bond donors (Lipinski definition) is 0. The van der Waals surface area contributed by atoms with Crippen LogP contribution in [0.4, 0.5) is 0 Å². The number of hydrogen-bond acceptors (Lipinski definition) is 6. The SMILES string of the molecule is Cc1ccccc1-c1nc(CS(=O)(=O)c2cccc[n+]2[O-])no1. The van der Waals surface area contributed by atoms with E-state index in [4.69, 9.17) is 4.52 Å². The van der Waals surface area contributed by atoms with E-state index in [2.05, 4.69) is 10.1 Å². The van der Waals surface area contributed by atoms with E-state index in [0.29, 0.717) is 4.73 Å². The molecule has 0 saturated carbocycles. The fourth-order valence-electron chi connectivity index (χ4n) is 2.13. The van der Waals surface area contributed by atoms with E-state index in [1.54, 1.807) is 0 Å². The Bertz CT molecular complexity index is 951. The Labute approximate surface area is 132 Å². The number of benzene rings is 1. The molecule has 3 rings (SSSR count). The fraction of sp³-hybridized carbons (Fsp3) is 0.133. The monoisotopic (exact) mass is 331 g/mol. The van der Waals surface area contributed by atoms with Crippen LogP contribution in [0.5, 0.6) is 0 Å². The van der Waals surface area contributed by atoms with Crippen LogP contribution in [0.1, 0.15) is 11.4 Å². The smallest absolute Gasteiger partial charge is 0.309 e. The zero-order valence-electron chi connectivity index (χ0n) is 12.2. The minimum Gasteiger partial charge on any atom is -0.618 e.